The summed E-state index contributed by atoms with van der Waals surface area (Å²) in [4.78, 5) is 0. The van der Waals surface area contributed by atoms with E-state index >= 15 is 0 Å². The van der Waals surface area contributed by atoms with E-state index in [-0.39, 0.29) is 0 Å². The third-order valence-electron chi connectivity index (χ3n) is 3.07. The average Bonchev–Trinajstić information content (AvgIpc) is 2.60. The minimum absolute atomic E-state index is 0.584. The molecule has 3 aliphatic rings. The van der Waals surface area contributed by atoms with Crippen molar-refractivity contribution in [3.63, 3.8) is 0 Å². The van der Waals surface area contributed by atoms with Gasteiger partial charge in [0.25, 0.3) is 0 Å². The molecule has 1 heteroatoms. The van der Waals surface area contributed by atoms with Gasteiger partial charge in [0.2, 0.25) is 0 Å². The maximum atomic E-state index is 5.29. The van der Waals surface area contributed by atoms with Gasteiger partial charge in [-0.15, -0.1) is 0 Å². The summed E-state index contributed by atoms with van der Waals surface area (Å²) in [6, 6.07) is 0. The molecule has 1 aliphatic heterocycles. The quantitative estimate of drug-likeness (QED) is 0.396. The molecule has 2 aliphatic carbocycles. The predicted octanol–water partition coefficient (Wildman–Crippen LogP) is 1.89. The Morgan fingerprint density at radius 2 is 2.20 bits per heavy atom. The summed E-state index contributed by atoms with van der Waals surface area (Å²) in [5.74, 6) is 1.02. The van der Waals surface area contributed by atoms with Gasteiger partial charge in [-0.05, 0) is 37.2 Å². The lowest BCUT2D eigenvalue weighted by Gasteiger charge is -2.08. The van der Waals surface area contributed by atoms with E-state index in [1.54, 1.807) is 11.1 Å². The summed E-state index contributed by atoms with van der Waals surface area (Å²) in [5.41, 5.74) is 3.45. The fraction of sp³-hybridized carbons (Fsp3) is 0.778. The molecule has 2 atom stereocenters. The molecule has 54 valence electrons. The number of rotatable bonds is 1. The number of fused-ring (bicyclic) bond motifs is 2. The Hall–Kier alpha value is -0.300. The van der Waals surface area contributed by atoms with Crippen molar-refractivity contribution in [2.24, 2.45) is 5.92 Å². The average molecular weight is 136 g/mol. The molecule has 0 radical (unpaired) electrons. The molecule has 0 N–H and O–H groups in total. The normalized spacial score (nSPS) is 43.2. The fourth-order valence-electron chi connectivity index (χ4n) is 2.46. The van der Waals surface area contributed by atoms with Gasteiger partial charge in [-0.25, -0.2) is 0 Å². The van der Waals surface area contributed by atoms with Gasteiger partial charge in [-0.3, -0.25) is 0 Å². The van der Waals surface area contributed by atoms with E-state index in [4.69, 9.17) is 4.74 Å². The van der Waals surface area contributed by atoms with Crippen molar-refractivity contribution in [1.29, 1.82) is 0 Å². The summed E-state index contributed by atoms with van der Waals surface area (Å²) in [7, 11) is 0. The second-order valence-corrected chi connectivity index (χ2v) is 3.76. The van der Waals surface area contributed by atoms with E-state index in [0.717, 1.165) is 12.5 Å². The maximum Gasteiger partial charge on any atom is 0.102 e. The zero-order valence-corrected chi connectivity index (χ0v) is 6.10. The summed E-state index contributed by atoms with van der Waals surface area (Å²) >= 11 is 0. The molecule has 2 unspecified atom stereocenters. The van der Waals surface area contributed by atoms with Crippen LogP contribution >= 0.6 is 0 Å². The first kappa shape index (κ1) is 5.36. The van der Waals surface area contributed by atoms with E-state index in [2.05, 4.69) is 0 Å². The van der Waals surface area contributed by atoms with Crippen molar-refractivity contribution in [2.45, 2.75) is 31.8 Å². The number of hydrogen-bond acceptors (Lipinski definition) is 1. The molecule has 1 saturated carbocycles. The van der Waals surface area contributed by atoms with Crippen LogP contribution < -0.4 is 0 Å². The van der Waals surface area contributed by atoms with Crippen LogP contribution in [0.5, 0.6) is 0 Å². The number of hydrogen-bond donors (Lipinski definition) is 0. The van der Waals surface area contributed by atoms with E-state index in [1.807, 2.05) is 0 Å². The minimum Gasteiger partial charge on any atom is -0.368 e. The fourth-order valence-corrected chi connectivity index (χ4v) is 2.46. The standard InChI is InChI=1S/C9H12O/c1-2-7-3-6(1)4-8(7)9-5-10-9/h6,9H,1-5H2. The molecule has 0 aromatic heterocycles. The maximum absolute atomic E-state index is 5.29. The molecule has 3 rings (SSSR count). The largest absolute Gasteiger partial charge is 0.368 e. The third kappa shape index (κ3) is 0.615. The van der Waals surface area contributed by atoms with Gasteiger partial charge < -0.3 is 4.74 Å². The Labute approximate surface area is 61.1 Å². The zero-order valence-electron chi connectivity index (χ0n) is 6.10. The van der Waals surface area contributed by atoms with Crippen molar-refractivity contribution in [3.8, 4) is 0 Å². The van der Waals surface area contributed by atoms with Crippen molar-refractivity contribution in [1.82, 2.24) is 0 Å². The Balaban J connectivity index is 1.94. The van der Waals surface area contributed by atoms with Crippen LogP contribution in [0.15, 0.2) is 11.1 Å². The lowest BCUT2D eigenvalue weighted by Crippen LogP contribution is -1.99. The Bertz CT molecular complexity index is 201. The van der Waals surface area contributed by atoms with E-state index < -0.39 is 0 Å². The minimum atomic E-state index is 0.584. The Morgan fingerprint density at radius 1 is 1.30 bits per heavy atom. The van der Waals surface area contributed by atoms with Crippen molar-refractivity contribution < 1.29 is 4.74 Å². The molecule has 0 aromatic carbocycles. The summed E-state index contributed by atoms with van der Waals surface area (Å²) in [6.07, 6.45) is 6.22. The summed E-state index contributed by atoms with van der Waals surface area (Å²) in [6.45, 7) is 1.02. The zero-order chi connectivity index (χ0) is 6.55. The molecule has 1 heterocycles. The van der Waals surface area contributed by atoms with Crippen LogP contribution in [0.25, 0.3) is 0 Å². The molecular formula is C9H12O. The first-order valence-electron chi connectivity index (χ1n) is 4.26. The molecule has 1 nitrogen and oxygen atoms in total. The van der Waals surface area contributed by atoms with Crippen molar-refractivity contribution in [3.05, 3.63) is 11.1 Å². The second kappa shape index (κ2) is 1.65. The van der Waals surface area contributed by atoms with Crippen LogP contribution in [-0.2, 0) is 4.74 Å². The van der Waals surface area contributed by atoms with Crippen LogP contribution in [0, 0.1) is 5.92 Å². The highest BCUT2D eigenvalue weighted by Crippen LogP contribution is 2.47. The lowest BCUT2D eigenvalue weighted by molar-refractivity contribution is 0.419. The number of allylic oxidation sites excluding steroid dienone is 1. The Kier molecular flexibility index (Phi) is 0.883. The van der Waals surface area contributed by atoms with Gasteiger partial charge in [0.1, 0.15) is 6.10 Å². The first-order chi connectivity index (χ1) is 4.93. The molecule has 2 fully saturated rings. The van der Waals surface area contributed by atoms with Gasteiger partial charge in [0, 0.05) is 0 Å². The van der Waals surface area contributed by atoms with E-state index in [1.165, 1.54) is 25.7 Å². The molecule has 2 bridgehead atoms. The van der Waals surface area contributed by atoms with E-state index in [0.29, 0.717) is 6.10 Å². The molecule has 0 spiro atoms. The highest BCUT2D eigenvalue weighted by Gasteiger charge is 2.38. The monoisotopic (exact) mass is 136 g/mol. The smallest absolute Gasteiger partial charge is 0.102 e. The third-order valence-corrected chi connectivity index (χ3v) is 3.07. The molecule has 10 heavy (non-hydrogen) atoms. The molecule has 0 aromatic rings. The van der Waals surface area contributed by atoms with Crippen molar-refractivity contribution >= 4 is 0 Å². The van der Waals surface area contributed by atoms with Crippen LogP contribution in [0.1, 0.15) is 25.7 Å². The van der Waals surface area contributed by atoms with E-state index in [9.17, 15) is 0 Å². The summed E-state index contributed by atoms with van der Waals surface area (Å²) < 4.78 is 5.29. The van der Waals surface area contributed by atoms with Gasteiger partial charge in [-0.1, -0.05) is 5.57 Å². The van der Waals surface area contributed by atoms with Crippen LogP contribution in [0.2, 0.25) is 0 Å². The first-order valence-corrected chi connectivity index (χ1v) is 4.26. The van der Waals surface area contributed by atoms with Gasteiger partial charge in [0.05, 0.1) is 6.61 Å². The molecule has 0 amide bonds. The summed E-state index contributed by atoms with van der Waals surface area (Å²) in [5, 5.41) is 0. The van der Waals surface area contributed by atoms with Gasteiger partial charge in [0.15, 0.2) is 0 Å². The SMILES string of the molecule is C1CC2CC1=C(C1CO1)C2. The molecule has 1 saturated heterocycles. The number of epoxide rings is 1. The van der Waals surface area contributed by atoms with Gasteiger partial charge >= 0.3 is 0 Å². The predicted molar refractivity (Wildman–Crippen MR) is 38.7 cm³/mol. The lowest BCUT2D eigenvalue weighted by atomic mass is 9.97. The van der Waals surface area contributed by atoms with Crippen LogP contribution in [0.4, 0.5) is 0 Å². The molecular weight excluding hydrogens is 124 g/mol. The van der Waals surface area contributed by atoms with Crippen molar-refractivity contribution in [2.75, 3.05) is 6.61 Å². The highest BCUT2D eigenvalue weighted by molar-refractivity contribution is 5.30. The number of ether oxygens (including phenoxy) is 1. The topological polar surface area (TPSA) is 12.5 Å². The highest BCUT2D eigenvalue weighted by atomic mass is 16.6. The van der Waals surface area contributed by atoms with Crippen LogP contribution in [0.3, 0.4) is 0 Å². The van der Waals surface area contributed by atoms with Gasteiger partial charge in [-0.2, -0.15) is 0 Å². The van der Waals surface area contributed by atoms with Crippen LogP contribution in [-0.4, -0.2) is 12.7 Å². The second-order valence-electron chi connectivity index (χ2n) is 3.76. The Morgan fingerprint density at radius 3 is 2.70 bits per heavy atom.